The molecular weight excluding hydrogens is 317 g/mol. The number of hydrogen-bond acceptors (Lipinski definition) is 5. The molecule has 8 heteroatoms. The van der Waals surface area contributed by atoms with Crippen LogP contribution in [0.5, 0.6) is 0 Å². The van der Waals surface area contributed by atoms with Crippen LogP contribution in [0.4, 0.5) is 5.69 Å². The second-order valence-electron chi connectivity index (χ2n) is 3.67. The first-order valence-corrected chi connectivity index (χ1v) is 6.88. The second kappa shape index (κ2) is 9.64. The van der Waals surface area contributed by atoms with Gasteiger partial charge in [-0.25, -0.2) is 8.42 Å². The standard InChI is InChI=1S/C14H21NO5S.Na/c1-4-11-7-6-8-12(5-2)14(11)15(10-20-3)13(16)9-21(17,18)19;/h6-8H,4-5,9-10H2,1-3H3,(H,17,18,19);/q;+1/p-1/i1D3,2D3,4D2,5D2,6D,7D,8D;. The zero-order valence-electron chi connectivity index (χ0n) is 24.8. The van der Waals surface area contributed by atoms with E-state index in [1.165, 1.54) is 0 Å². The molecule has 0 radical (unpaired) electrons. The molecule has 1 aromatic carbocycles. The molecule has 0 aliphatic rings. The Morgan fingerprint density at radius 2 is 1.95 bits per heavy atom. The van der Waals surface area contributed by atoms with E-state index in [-0.39, 0.29) is 34.5 Å². The predicted molar refractivity (Wildman–Crippen MR) is 79.1 cm³/mol. The molecule has 0 aliphatic heterocycles. The predicted octanol–water partition coefficient (Wildman–Crippen LogP) is -1.70. The van der Waals surface area contributed by atoms with E-state index in [1.807, 2.05) is 0 Å². The van der Waals surface area contributed by atoms with Gasteiger partial charge in [-0.15, -0.1) is 0 Å². The first-order chi connectivity index (χ1) is 14.9. The van der Waals surface area contributed by atoms with Gasteiger partial charge in [-0.05, 0) is 23.9 Å². The molecule has 0 saturated heterocycles. The maximum absolute atomic E-state index is 12.7. The number of amides is 1. The van der Waals surface area contributed by atoms with Gasteiger partial charge in [0.25, 0.3) is 0 Å². The van der Waals surface area contributed by atoms with Crippen molar-refractivity contribution in [2.75, 3.05) is 24.5 Å². The van der Waals surface area contributed by atoms with Crippen LogP contribution >= 0.6 is 0 Å². The van der Waals surface area contributed by atoms with Crippen molar-refractivity contribution < 1.29 is 69.9 Å². The van der Waals surface area contributed by atoms with Gasteiger partial charge in [0.2, 0.25) is 5.91 Å². The quantitative estimate of drug-likeness (QED) is 0.332. The minimum absolute atomic E-state index is 0. The number of para-hydroxylation sites is 1. The van der Waals surface area contributed by atoms with Crippen molar-refractivity contribution in [2.45, 2.75) is 26.4 Å². The Bertz CT molecular complexity index is 1020. The molecular formula is C14H20NNaO5S. The molecule has 0 aromatic heterocycles. The minimum atomic E-state index is -5.31. The van der Waals surface area contributed by atoms with Gasteiger partial charge in [0, 0.05) is 20.8 Å². The van der Waals surface area contributed by atoms with Crippen molar-refractivity contribution in [1.82, 2.24) is 0 Å². The largest absolute Gasteiger partial charge is 1.00 e. The molecule has 0 heterocycles. The van der Waals surface area contributed by atoms with Gasteiger partial charge >= 0.3 is 29.6 Å². The normalized spacial score (nSPS) is 22.0. The van der Waals surface area contributed by atoms with Crippen molar-refractivity contribution in [2.24, 2.45) is 0 Å². The molecule has 0 N–H and O–H groups in total. The third-order valence-corrected chi connectivity index (χ3v) is 2.83. The number of nitrogens with zero attached hydrogens (tertiary/aromatic N) is 1. The number of rotatable bonds is 7. The molecule has 6 nitrogen and oxygen atoms in total. The van der Waals surface area contributed by atoms with Crippen LogP contribution in [0.15, 0.2) is 18.1 Å². The molecule has 0 bridgehead atoms. The molecule has 1 amide bonds. The summed E-state index contributed by atoms with van der Waals surface area (Å²) in [6.07, 6.45) is -7.30. The fourth-order valence-electron chi connectivity index (χ4n) is 1.47. The molecule has 0 atom stereocenters. The molecule has 1 rings (SSSR count). The third kappa shape index (κ3) is 5.98. The SMILES string of the molecule is [2H]c1c([2H])c(C([2H])([2H])C([2H])([2H])[2H])c(N(COC)C(=O)CS(=O)(=O)[O-])c(C([2H])([2H])C([2H])([2H])[2H])c1[2H].[Na+]. The van der Waals surface area contributed by atoms with Gasteiger partial charge in [0.15, 0.2) is 0 Å². The van der Waals surface area contributed by atoms with Crippen molar-refractivity contribution in [3.63, 3.8) is 0 Å². The molecule has 118 valence electrons. The van der Waals surface area contributed by atoms with Crippen molar-refractivity contribution >= 4 is 21.7 Å². The maximum atomic E-state index is 12.7. The Kier molecular flexibility index (Phi) is 3.55. The van der Waals surface area contributed by atoms with Gasteiger partial charge in [-0.3, -0.25) is 9.69 Å². The minimum Gasteiger partial charge on any atom is -0.748 e. The Morgan fingerprint density at radius 1 is 1.41 bits per heavy atom. The Hall–Kier alpha value is -0.440. The van der Waals surface area contributed by atoms with Gasteiger partial charge in [-0.2, -0.15) is 0 Å². The first-order valence-electron chi connectivity index (χ1n) is 11.8. The summed E-state index contributed by atoms with van der Waals surface area (Å²) in [5.41, 5.74) is -4.07. The van der Waals surface area contributed by atoms with Gasteiger partial charge in [-0.1, -0.05) is 31.8 Å². The second-order valence-corrected chi connectivity index (χ2v) is 5.07. The van der Waals surface area contributed by atoms with Crippen LogP contribution in [0.2, 0.25) is 0 Å². The Balaban J connectivity index is 0.0000116. The van der Waals surface area contributed by atoms with Crippen molar-refractivity contribution in [3.8, 4) is 0 Å². The molecule has 0 aliphatic carbocycles. The number of benzene rings is 1. The van der Waals surface area contributed by atoms with E-state index in [0.717, 1.165) is 7.11 Å². The van der Waals surface area contributed by atoms with E-state index < -0.39 is 89.9 Å². The molecule has 0 fully saturated rings. The topological polar surface area (TPSA) is 86.7 Å². The number of ether oxygens (including phenoxy) is 1. The summed E-state index contributed by atoms with van der Waals surface area (Å²) < 4.78 is 140. The van der Waals surface area contributed by atoms with Crippen molar-refractivity contribution in [3.05, 3.63) is 29.3 Å². The summed E-state index contributed by atoms with van der Waals surface area (Å²) in [5, 5.41) is 0. The zero-order chi connectivity index (χ0) is 27.2. The van der Waals surface area contributed by atoms with Crippen LogP contribution in [0.1, 0.15) is 42.7 Å². The summed E-state index contributed by atoms with van der Waals surface area (Å²) in [6.45, 7) is -8.35. The van der Waals surface area contributed by atoms with E-state index in [0.29, 0.717) is 0 Å². The summed E-state index contributed by atoms with van der Waals surface area (Å²) in [5.74, 6) is -3.52. The monoisotopic (exact) mass is 350 g/mol. The Morgan fingerprint density at radius 3 is 2.36 bits per heavy atom. The number of anilines is 1. The van der Waals surface area contributed by atoms with Gasteiger partial charge < -0.3 is 9.29 Å². The van der Waals surface area contributed by atoms with E-state index in [9.17, 15) is 17.8 Å². The number of hydrogen-bond donors (Lipinski definition) is 0. The third-order valence-electron chi connectivity index (χ3n) is 2.23. The van der Waals surface area contributed by atoms with Crippen LogP contribution in [-0.4, -0.2) is 38.5 Å². The summed E-state index contributed by atoms with van der Waals surface area (Å²) >= 11 is 0. The number of carbonyl (C=O) groups excluding carboxylic acids is 1. The van der Waals surface area contributed by atoms with Crippen molar-refractivity contribution in [1.29, 1.82) is 0 Å². The summed E-state index contributed by atoms with van der Waals surface area (Å²) in [4.78, 5) is 12.8. The van der Waals surface area contributed by atoms with Crippen LogP contribution in [-0.2, 0) is 32.4 Å². The fourth-order valence-corrected chi connectivity index (χ4v) is 1.93. The van der Waals surface area contributed by atoms with Gasteiger partial charge in [0.05, 0.1) is 9.80 Å². The van der Waals surface area contributed by atoms with E-state index >= 15 is 0 Å². The van der Waals surface area contributed by atoms with E-state index in [4.69, 9.17) is 22.6 Å². The molecule has 0 spiro atoms. The smallest absolute Gasteiger partial charge is 0.748 e. The molecule has 22 heavy (non-hydrogen) atoms. The fraction of sp³-hybridized carbons (Fsp3) is 0.500. The van der Waals surface area contributed by atoms with E-state index in [1.54, 1.807) is 0 Å². The molecule has 1 aromatic rings. The van der Waals surface area contributed by atoms with Crippen LogP contribution < -0.4 is 34.5 Å². The molecule has 0 unspecified atom stereocenters. The Labute approximate surface area is 172 Å². The maximum Gasteiger partial charge on any atom is 1.00 e. The van der Waals surface area contributed by atoms with E-state index in [2.05, 4.69) is 0 Å². The summed E-state index contributed by atoms with van der Waals surface area (Å²) in [7, 11) is -4.39. The average molecular weight is 350 g/mol. The van der Waals surface area contributed by atoms with Crippen LogP contribution in [0.3, 0.4) is 0 Å². The van der Waals surface area contributed by atoms with Crippen LogP contribution in [0, 0.1) is 0 Å². The number of methoxy groups -OCH3 is 1. The summed E-state index contributed by atoms with van der Waals surface area (Å²) in [6, 6.07) is -3.86. The zero-order valence-corrected chi connectivity index (χ0v) is 14.6. The number of carbonyl (C=O) groups is 1. The van der Waals surface area contributed by atoms with Gasteiger partial charge in [0.1, 0.15) is 22.6 Å². The average Bonchev–Trinajstić information content (AvgIpc) is 2.60. The first kappa shape index (κ1) is 8.09. The van der Waals surface area contributed by atoms with Crippen LogP contribution in [0.25, 0.3) is 0 Å². The molecule has 0 saturated carbocycles.